The fraction of sp³-hybridized carbons (Fsp3) is 0.0833. The number of rotatable bonds is 3. The summed E-state index contributed by atoms with van der Waals surface area (Å²) in [5, 5.41) is 2.83. The fourth-order valence-electron chi connectivity index (χ4n) is 1.49. The second kappa shape index (κ2) is 5.07. The largest absolute Gasteiger partial charge is 0.373 e. The summed E-state index contributed by atoms with van der Waals surface area (Å²) in [6.45, 7) is 0. The highest BCUT2D eigenvalue weighted by atomic mass is 79.9. The Bertz CT molecular complexity index is 657. The van der Waals surface area contributed by atoms with E-state index in [-0.39, 0.29) is 9.79 Å². The van der Waals surface area contributed by atoms with Crippen LogP contribution in [0.2, 0.25) is 0 Å². The summed E-state index contributed by atoms with van der Waals surface area (Å²) in [6, 6.07) is 11.3. The predicted molar refractivity (Wildman–Crippen MR) is 73.4 cm³/mol. The Hall–Kier alpha value is -1.40. The quantitative estimate of drug-likeness (QED) is 0.881. The van der Waals surface area contributed by atoms with Crippen molar-refractivity contribution in [2.45, 2.75) is 9.79 Å². The minimum absolute atomic E-state index is 0.208. The lowest BCUT2D eigenvalue weighted by atomic mass is 10.4. The zero-order valence-electron chi connectivity index (χ0n) is 9.59. The number of pyridine rings is 1. The Morgan fingerprint density at radius 3 is 2.39 bits per heavy atom. The van der Waals surface area contributed by atoms with Crippen LogP contribution in [0.3, 0.4) is 0 Å². The maximum absolute atomic E-state index is 12.4. The number of nitrogens with zero attached hydrogens (tertiary/aromatic N) is 1. The molecule has 0 saturated carbocycles. The molecule has 0 aliphatic carbocycles. The van der Waals surface area contributed by atoms with E-state index >= 15 is 0 Å². The molecule has 2 aromatic rings. The molecule has 0 unspecified atom stereocenters. The average molecular weight is 327 g/mol. The third-order valence-corrected chi connectivity index (χ3v) is 4.54. The summed E-state index contributed by atoms with van der Waals surface area (Å²) in [7, 11) is -1.82. The SMILES string of the molecule is CNc1cc(S(=O)(=O)c2ccccc2)cc(Br)n1. The number of nitrogens with one attached hydrogen (secondary N) is 1. The highest BCUT2D eigenvalue weighted by molar-refractivity contribution is 9.10. The standard InChI is InChI=1S/C12H11BrN2O2S/c1-14-12-8-10(7-11(13)15-12)18(16,17)9-5-3-2-4-6-9/h2-8H,1H3,(H,14,15). The van der Waals surface area contributed by atoms with Crippen LogP contribution in [-0.4, -0.2) is 20.4 Å². The van der Waals surface area contributed by atoms with E-state index in [9.17, 15) is 8.42 Å². The first kappa shape index (κ1) is 13.0. The number of sulfone groups is 1. The first-order valence-electron chi connectivity index (χ1n) is 5.19. The molecule has 2 rings (SSSR count). The van der Waals surface area contributed by atoms with Crippen LogP contribution in [0.25, 0.3) is 0 Å². The van der Waals surface area contributed by atoms with Crippen LogP contribution < -0.4 is 5.32 Å². The van der Waals surface area contributed by atoms with Crippen molar-refractivity contribution in [3.05, 3.63) is 47.1 Å². The van der Waals surface area contributed by atoms with Gasteiger partial charge in [0.15, 0.2) is 0 Å². The van der Waals surface area contributed by atoms with E-state index in [0.29, 0.717) is 10.4 Å². The topological polar surface area (TPSA) is 59.1 Å². The molecule has 0 aliphatic heterocycles. The van der Waals surface area contributed by atoms with Gasteiger partial charge in [-0.05, 0) is 40.2 Å². The fourth-order valence-corrected chi connectivity index (χ4v) is 3.40. The molecular weight excluding hydrogens is 316 g/mol. The van der Waals surface area contributed by atoms with Crippen LogP contribution >= 0.6 is 15.9 Å². The number of aromatic nitrogens is 1. The first-order chi connectivity index (χ1) is 8.54. The van der Waals surface area contributed by atoms with Gasteiger partial charge in [0.1, 0.15) is 10.4 Å². The van der Waals surface area contributed by atoms with E-state index in [2.05, 4.69) is 26.2 Å². The van der Waals surface area contributed by atoms with E-state index in [4.69, 9.17) is 0 Å². The summed E-state index contributed by atoms with van der Waals surface area (Å²) >= 11 is 3.20. The van der Waals surface area contributed by atoms with Gasteiger partial charge in [-0.3, -0.25) is 0 Å². The summed E-state index contributed by atoms with van der Waals surface area (Å²) in [5.41, 5.74) is 0. The van der Waals surface area contributed by atoms with Crippen molar-refractivity contribution < 1.29 is 8.42 Å². The molecule has 0 fully saturated rings. The molecule has 0 bridgehead atoms. The van der Waals surface area contributed by atoms with Crippen LogP contribution in [0.15, 0.2) is 56.9 Å². The van der Waals surface area contributed by atoms with E-state index < -0.39 is 9.84 Å². The van der Waals surface area contributed by atoms with Crippen LogP contribution in [0.4, 0.5) is 5.82 Å². The molecule has 0 radical (unpaired) electrons. The molecule has 1 aromatic heterocycles. The third-order valence-electron chi connectivity index (χ3n) is 2.39. The van der Waals surface area contributed by atoms with Gasteiger partial charge in [-0.1, -0.05) is 18.2 Å². The van der Waals surface area contributed by atoms with Gasteiger partial charge in [0.2, 0.25) is 9.84 Å². The number of hydrogen-bond donors (Lipinski definition) is 1. The Morgan fingerprint density at radius 1 is 1.11 bits per heavy atom. The van der Waals surface area contributed by atoms with Crippen molar-refractivity contribution in [2.75, 3.05) is 12.4 Å². The second-order valence-corrected chi connectivity index (χ2v) is 6.34. The van der Waals surface area contributed by atoms with Gasteiger partial charge in [0, 0.05) is 7.05 Å². The summed E-state index contributed by atoms with van der Waals surface area (Å²) in [6.07, 6.45) is 0. The molecule has 0 spiro atoms. The van der Waals surface area contributed by atoms with Crippen molar-refractivity contribution in [3.63, 3.8) is 0 Å². The Morgan fingerprint density at radius 2 is 1.78 bits per heavy atom. The van der Waals surface area contributed by atoms with E-state index in [0.717, 1.165) is 0 Å². The molecule has 6 heteroatoms. The lowest BCUT2D eigenvalue weighted by Gasteiger charge is -2.07. The smallest absolute Gasteiger partial charge is 0.206 e. The van der Waals surface area contributed by atoms with Crippen LogP contribution in [0.1, 0.15) is 0 Å². The monoisotopic (exact) mass is 326 g/mol. The third kappa shape index (κ3) is 2.54. The van der Waals surface area contributed by atoms with Crippen LogP contribution in [0, 0.1) is 0 Å². The van der Waals surface area contributed by atoms with Crippen molar-refractivity contribution >= 4 is 31.6 Å². The Labute approximate surface area is 114 Å². The molecule has 1 aromatic carbocycles. The minimum Gasteiger partial charge on any atom is -0.373 e. The van der Waals surface area contributed by atoms with Crippen molar-refractivity contribution in [3.8, 4) is 0 Å². The summed E-state index contributed by atoms with van der Waals surface area (Å²) in [4.78, 5) is 4.58. The summed E-state index contributed by atoms with van der Waals surface area (Å²) < 4.78 is 25.2. The normalized spacial score (nSPS) is 11.2. The number of anilines is 1. The summed E-state index contributed by atoms with van der Waals surface area (Å²) in [5.74, 6) is 0.499. The van der Waals surface area contributed by atoms with Gasteiger partial charge in [-0.15, -0.1) is 0 Å². The zero-order chi connectivity index (χ0) is 13.2. The van der Waals surface area contributed by atoms with E-state index in [1.807, 2.05) is 0 Å². The second-order valence-electron chi connectivity index (χ2n) is 3.58. The molecular formula is C12H11BrN2O2S. The Balaban J connectivity index is 2.58. The molecule has 0 aliphatic rings. The van der Waals surface area contributed by atoms with Crippen LogP contribution in [0.5, 0.6) is 0 Å². The zero-order valence-corrected chi connectivity index (χ0v) is 12.0. The number of hydrogen-bond acceptors (Lipinski definition) is 4. The minimum atomic E-state index is -3.50. The van der Waals surface area contributed by atoms with E-state index in [1.54, 1.807) is 37.4 Å². The molecule has 1 heterocycles. The van der Waals surface area contributed by atoms with E-state index in [1.165, 1.54) is 12.1 Å². The van der Waals surface area contributed by atoms with Gasteiger partial charge in [0.05, 0.1) is 9.79 Å². The number of benzene rings is 1. The predicted octanol–water partition coefficient (Wildman–Crippen LogP) is 2.72. The molecule has 0 saturated heterocycles. The van der Waals surface area contributed by atoms with Gasteiger partial charge in [-0.2, -0.15) is 0 Å². The van der Waals surface area contributed by atoms with Gasteiger partial charge < -0.3 is 5.32 Å². The molecule has 0 atom stereocenters. The lowest BCUT2D eigenvalue weighted by Crippen LogP contribution is -2.04. The lowest BCUT2D eigenvalue weighted by molar-refractivity contribution is 0.596. The van der Waals surface area contributed by atoms with Gasteiger partial charge in [-0.25, -0.2) is 13.4 Å². The van der Waals surface area contributed by atoms with Crippen molar-refractivity contribution in [2.24, 2.45) is 0 Å². The van der Waals surface area contributed by atoms with Crippen LogP contribution in [-0.2, 0) is 9.84 Å². The first-order valence-corrected chi connectivity index (χ1v) is 7.47. The molecule has 4 nitrogen and oxygen atoms in total. The molecule has 0 amide bonds. The molecule has 18 heavy (non-hydrogen) atoms. The maximum atomic E-state index is 12.4. The highest BCUT2D eigenvalue weighted by Gasteiger charge is 2.18. The molecule has 94 valence electrons. The Kier molecular flexibility index (Phi) is 3.68. The number of halogens is 1. The van der Waals surface area contributed by atoms with Gasteiger partial charge in [0.25, 0.3) is 0 Å². The van der Waals surface area contributed by atoms with Crippen molar-refractivity contribution in [1.82, 2.24) is 4.98 Å². The highest BCUT2D eigenvalue weighted by Crippen LogP contribution is 2.24. The maximum Gasteiger partial charge on any atom is 0.206 e. The van der Waals surface area contributed by atoms with Crippen molar-refractivity contribution in [1.29, 1.82) is 0 Å². The van der Waals surface area contributed by atoms with Gasteiger partial charge >= 0.3 is 0 Å². The average Bonchev–Trinajstić information content (AvgIpc) is 2.39. The molecule has 1 N–H and O–H groups in total.